The number of pyridine rings is 1. The van der Waals surface area contributed by atoms with E-state index in [0.717, 1.165) is 11.1 Å². The standard InChI is InChI=1S/C23H18N6OS/c24-13-17-8-10-20(11-9-17)26-21(30)16-31-23-28-27-22(19-7-4-12-25-14-19)29(23)15-18-5-2-1-3-6-18/h1-12,14H,15-16H2,(H,26,30). The monoisotopic (exact) mass is 426 g/mol. The van der Waals surface area contributed by atoms with E-state index in [2.05, 4.69) is 26.6 Å². The van der Waals surface area contributed by atoms with Gasteiger partial charge < -0.3 is 5.32 Å². The number of hydrogen-bond acceptors (Lipinski definition) is 6. The van der Waals surface area contributed by atoms with Gasteiger partial charge in [0.2, 0.25) is 5.91 Å². The second-order valence-corrected chi connectivity index (χ2v) is 7.59. The molecule has 1 amide bonds. The van der Waals surface area contributed by atoms with Crippen molar-refractivity contribution in [2.75, 3.05) is 11.1 Å². The molecule has 2 heterocycles. The number of carbonyl (C=O) groups is 1. The third-order valence-electron chi connectivity index (χ3n) is 4.45. The Morgan fingerprint density at radius 3 is 2.55 bits per heavy atom. The molecule has 0 aliphatic heterocycles. The van der Waals surface area contributed by atoms with Gasteiger partial charge in [0, 0.05) is 23.6 Å². The van der Waals surface area contributed by atoms with E-state index in [1.54, 1.807) is 36.7 Å². The fourth-order valence-corrected chi connectivity index (χ4v) is 3.71. The van der Waals surface area contributed by atoms with Gasteiger partial charge in [-0.05, 0) is 42.0 Å². The van der Waals surface area contributed by atoms with Crippen LogP contribution in [0.1, 0.15) is 11.1 Å². The van der Waals surface area contributed by atoms with Crippen molar-refractivity contribution >= 4 is 23.4 Å². The van der Waals surface area contributed by atoms with Gasteiger partial charge in [-0.2, -0.15) is 5.26 Å². The number of anilines is 1. The topological polar surface area (TPSA) is 96.5 Å². The maximum atomic E-state index is 12.4. The minimum absolute atomic E-state index is 0.160. The number of thioether (sulfide) groups is 1. The lowest BCUT2D eigenvalue weighted by Gasteiger charge is -2.10. The molecule has 0 unspecified atom stereocenters. The molecule has 2 aromatic heterocycles. The highest BCUT2D eigenvalue weighted by molar-refractivity contribution is 7.99. The Kier molecular flexibility index (Phi) is 6.35. The quantitative estimate of drug-likeness (QED) is 0.449. The minimum atomic E-state index is -0.160. The summed E-state index contributed by atoms with van der Waals surface area (Å²) in [4.78, 5) is 16.6. The second kappa shape index (κ2) is 9.69. The summed E-state index contributed by atoms with van der Waals surface area (Å²) in [7, 11) is 0. The summed E-state index contributed by atoms with van der Waals surface area (Å²) in [5.41, 5.74) is 3.16. The van der Waals surface area contributed by atoms with Gasteiger partial charge in [0.15, 0.2) is 11.0 Å². The Morgan fingerprint density at radius 2 is 1.84 bits per heavy atom. The summed E-state index contributed by atoms with van der Waals surface area (Å²) in [5, 5.41) is 21.0. The van der Waals surface area contributed by atoms with E-state index in [-0.39, 0.29) is 11.7 Å². The highest BCUT2D eigenvalue weighted by atomic mass is 32.2. The lowest BCUT2D eigenvalue weighted by molar-refractivity contribution is -0.113. The summed E-state index contributed by atoms with van der Waals surface area (Å²) < 4.78 is 1.99. The molecule has 31 heavy (non-hydrogen) atoms. The average molecular weight is 427 g/mol. The molecule has 0 spiro atoms. The number of nitriles is 1. The number of hydrogen-bond donors (Lipinski definition) is 1. The van der Waals surface area contributed by atoms with Crippen LogP contribution < -0.4 is 5.32 Å². The molecule has 0 fully saturated rings. The third-order valence-corrected chi connectivity index (χ3v) is 5.42. The number of rotatable bonds is 7. The predicted molar refractivity (Wildman–Crippen MR) is 119 cm³/mol. The molecule has 0 aliphatic rings. The molecule has 7 nitrogen and oxygen atoms in total. The molecule has 8 heteroatoms. The van der Waals surface area contributed by atoms with Gasteiger partial charge in [0.1, 0.15) is 0 Å². The molecule has 0 bridgehead atoms. The molecule has 1 N–H and O–H groups in total. The highest BCUT2D eigenvalue weighted by Gasteiger charge is 2.16. The van der Waals surface area contributed by atoms with Crippen molar-refractivity contribution in [3.8, 4) is 17.5 Å². The summed E-state index contributed by atoms with van der Waals surface area (Å²) in [6.45, 7) is 0.581. The largest absolute Gasteiger partial charge is 0.325 e. The summed E-state index contributed by atoms with van der Waals surface area (Å²) >= 11 is 1.32. The van der Waals surface area contributed by atoms with Crippen LogP contribution in [-0.4, -0.2) is 31.4 Å². The lowest BCUT2D eigenvalue weighted by Crippen LogP contribution is -2.14. The molecule has 0 saturated carbocycles. The highest BCUT2D eigenvalue weighted by Crippen LogP contribution is 2.25. The number of carbonyl (C=O) groups excluding carboxylic acids is 1. The molecule has 0 atom stereocenters. The lowest BCUT2D eigenvalue weighted by atomic mass is 10.2. The van der Waals surface area contributed by atoms with E-state index in [1.165, 1.54) is 11.8 Å². The van der Waals surface area contributed by atoms with Gasteiger partial charge in [-0.25, -0.2) is 0 Å². The Hall–Kier alpha value is -3.96. The van der Waals surface area contributed by atoms with Gasteiger partial charge in [0.25, 0.3) is 0 Å². The van der Waals surface area contributed by atoms with E-state index in [1.807, 2.05) is 47.0 Å². The summed E-state index contributed by atoms with van der Waals surface area (Å²) in [5.74, 6) is 0.721. The number of aromatic nitrogens is 4. The number of nitrogens with one attached hydrogen (secondary N) is 1. The Labute approximate surface area is 183 Å². The summed E-state index contributed by atoms with van der Waals surface area (Å²) in [6, 6.07) is 22.6. The first-order chi connectivity index (χ1) is 15.2. The van der Waals surface area contributed by atoms with Gasteiger partial charge in [-0.3, -0.25) is 14.3 Å². The zero-order valence-electron chi connectivity index (χ0n) is 16.5. The first-order valence-electron chi connectivity index (χ1n) is 9.53. The zero-order valence-corrected chi connectivity index (χ0v) is 17.3. The van der Waals surface area contributed by atoms with Crippen LogP contribution in [0.25, 0.3) is 11.4 Å². The fraction of sp³-hybridized carbons (Fsp3) is 0.0870. The minimum Gasteiger partial charge on any atom is -0.325 e. The zero-order chi connectivity index (χ0) is 21.5. The van der Waals surface area contributed by atoms with Crippen LogP contribution in [0.2, 0.25) is 0 Å². The molecule has 0 aliphatic carbocycles. The van der Waals surface area contributed by atoms with Crippen molar-refractivity contribution in [1.82, 2.24) is 19.7 Å². The molecule has 152 valence electrons. The van der Waals surface area contributed by atoms with Crippen molar-refractivity contribution in [2.45, 2.75) is 11.7 Å². The van der Waals surface area contributed by atoms with Crippen molar-refractivity contribution in [3.05, 3.63) is 90.3 Å². The maximum absolute atomic E-state index is 12.4. The van der Waals surface area contributed by atoms with E-state index in [9.17, 15) is 4.79 Å². The van der Waals surface area contributed by atoms with Crippen LogP contribution in [-0.2, 0) is 11.3 Å². The third kappa shape index (κ3) is 5.15. The van der Waals surface area contributed by atoms with Gasteiger partial charge in [0.05, 0.1) is 23.9 Å². The van der Waals surface area contributed by atoms with Crippen LogP contribution in [0, 0.1) is 11.3 Å². The van der Waals surface area contributed by atoms with Crippen molar-refractivity contribution in [1.29, 1.82) is 5.26 Å². The first kappa shape index (κ1) is 20.3. The Balaban J connectivity index is 1.51. The van der Waals surface area contributed by atoms with E-state index in [0.29, 0.717) is 28.8 Å². The molecule has 0 radical (unpaired) electrons. The molecule has 4 aromatic rings. The maximum Gasteiger partial charge on any atom is 0.234 e. The fourth-order valence-electron chi connectivity index (χ4n) is 2.97. The number of nitrogens with zero attached hydrogens (tertiary/aromatic N) is 5. The van der Waals surface area contributed by atoms with Crippen molar-refractivity contribution in [3.63, 3.8) is 0 Å². The number of amides is 1. The molecule has 0 saturated heterocycles. The summed E-state index contributed by atoms with van der Waals surface area (Å²) in [6.07, 6.45) is 3.46. The molecule has 2 aromatic carbocycles. The SMILES string of the molecule is N#Cc1ccc(NC(=O)CSc2nnc(-c3cccnc3)n2Cc2ccccc2)cc1. The second-order valence-electron chi connectivity index (χ2n) is 6.65. The molecular weight excluding hydrogens is 408 g/mol. The van der Waals surface area contributed by atoms with Crippen LogP contribution >= 0.6 is 11.8 Å². The van der Waals surface area contributed by atoms with Crippen LogP contribution in [0.4, 0.5) is 5.69 Å². The predicted octanol–water partition coefficient (Wildman–Crippen LogP) is 3.99. The van der Waals surface area contributed by atoms with Crippen LogP contribution in [0.15, 0.2) is 84.3 Å². The average Bonchev–Trinajstić information content (AvgIpc) is 3.22. The normalized spacial score (nSPS) is 10.4. The first-order valence-corrected chi connectivity index (χ1v) is 10.5. The van der Waals surface area contributed by atoms with E-state index < -0.39 is 0 Å². The van der Waals surface area contributed by atoms with Gasteiger partial charge in [-0.15, -0.1) is 10.2 Å². The molecule has 4 rings (SSSR count). The van der Waals surface area contributed by atoms with E-state index in [4.69, 9.17) is 5.26 Å². The van der Waals surface area contributed by atoms with Gasteiger partial charge in [-0.1, -0.05) is 42.1 Å². The van der Waals surface area contributed by atoms with Crippen LogP contribution in [0.5, 0.6) is 0 Å². The van der Waals surface area contributed by atoms with Crippen molar-refractivity contribution < 1.29 is 4.79 Å². The number of benzene rings is 2. The van der Waals surface area contributed by atoms with Crippen molar-refractivity contribution in [2.24, 2.45) is 0 Å². The van der Waals surface area contributed by atoms with Crippen LogP contribution in [0.3, 0.4) is 0 Å². The van der Waals surface area contributed by atoms with Gasteiger partial charge >= 0.3 is 0 Å². The van der Waals surface area contributed by atoms with E-state index >= 15 is 0 Å². The Morgan fingerprint density at radius 1 is 1.03 bits per heavy atom. The Bertz CT molecular complexity index is 1200. The molecular formula is C23H18N6OS. The smallest absolute Gasteiger partial charge is 0.234 e.